The number of carbonyl (C=O) groups is 1. The van der Waals surface area contributed by atoms with Gasteiger partial charge in [0.25, 0.3) is 0 Å². The lowest BCUT2D eigenvalue weighted by atomic mass is 9.99. The quantitative estimate of drug-likeness (QED) is 0.451. The van der Waals surface area contributed by atoms with Gasteiger partial charge in [0, 0.05) is 6.21 Å². The second-order valence-electron chi connectivity index (χ2n) is 6.93. The Kier molecular flexibility index (Phi) is 6.91. The van der Waals surface area contributed by atoms with Crippen LogP contribution in [0.15, 0.2) is 64.0 Å². The Bertz CT molecular complexity index is 1020. The summed E-state index contributed by atoms with van der Waals surface area (Å²) in [6.45, 7) is 4.49. The van der Waals surface area contributed by atoms with E-state index >= 15 is 0 Å². The fourth-order valence-electron chi connectivity index (χ4n) is 2.88. The molecular weight excluding hydrogens is 382 g/mol. The lowest BCUT2D eigenvalue weighted by molar-refractivity contribution is 0.0658. The maximum atomic E-state index is 10.9. The number of rotatable bonds is 9. The topological polar surface area (TPSA) is 81.3 Å². The number of furan rings is 1. The Balaban J connectivity index is 1.67. The number of nitrogens with zero attached hydrogens (tertiary/aromatic N) is 1. The van der Waals surface area contributed by atoms with Gasteiger partial charge < -0.3 is 19.0 Å². The molecule has 0 aliphatic rings. The number of carboxylic acid groups (broad SMARTS) is 1. The summed E-state index contributed by atoms with van der Waals surface area (Å²) in [5.74, 6) is 0.802. The molecule has 30 heavy (non-hydrogen) atoms. The van der Waals surface area contributed by atoms with Crippen LogP contribution in [0.1, 0.15) is 53.6 Å². The summed E-state index contributed by atoms with van der Waals surface area (Å²) < 4.78 is 16.3. The van der Waals surface area contributed by atoms with Gasteiger partial charge in [-0.05, 0) is 65.9 Å². The van der Waals surface area contributed by atoms with E-state index in [1.807, 2.05) is 24.3 Å². The smallest absolute Gasteiger partial charge is 0.371 e. The van der Waals surface area contributed by atoms with Gasteiger partial charge in [-0.15, -0.1) is 0 Å². The van der Waals surface area contributed by atoms with Gasteiger partial charge in [0.15, 0.2) is 11.5 Å². The predicted octanol–water partition coefficient (Wildman–Crippen LogP) is 5.83. The molecule has 0 amide bonds. The molecule has 0 fully saturated rings. The summed E-state index contributed by atoms with van der Waals surface area (Å²) in [7, 11) is 1.56. The van der Waals surface area contributed by atoms with E-state index in [1.165, 1.54) is 11.6 Å². The van der Waals surface area contributed by atoms with Crippen LogP contribution in [0.25, 0.3) is 0 Å². The molecule has 6 heteroatoms. The van der Waals surface area contributed by atoms with Crippen molar-refractivity contribution in [1.82, 2.24) is 0 Å². The number of aliphatic imine (C=N–C) groups is 1. The van der Waals surface area contributed by atoms with Crippen LogP contribution in [-0.4, -0.2) is 24.4 Å². The minimum Gasteiger partial charge on any atom is -0.493 e. The second kappa shape index (κ2) is 9.78. The van der Waals surface area contributed by atoms with Crippen LogP contribution in [-0.2, 0) is 6.61 Å². The van der Waals surface area contributed by atoms with E-state index in [2.05, 4.69) is 31.0 Å². The molecular formula is C24H25NO5. The maximum absolute atomic E-state index is 10.9. The molecule has 0 unspecified atom stereocenters. The third kappa shape index (κ3) is 5.29. The summed E-state index contributed by atoms with van der Waals surface area (Å²) in [5, 5.41) is 8.91. The summed E-state index contributed by atoms with van der Waals surface area (Å²) >= 11 is 0. The Labute approximate surface area is 175 Å². The number of ether oxygens (including phenoxy) is 2. The predicted molar refractivity (Wildman–Crippen MR) is 115 cm³/mol. The van der Waals surface area contributed by atoms with E-state index in [-0.39, 0.29) is 12.4 Å². The van der Waals surface area contributed by atoms with E-state index in [1.54, 1.807) is 25.5 Å². The third-order valence-corrected chi connectivity index (χ3v) is 4.87. The van der Waals surface area contributed by atoms with Crippen LogP contribution in [0.4, 0.5) is 5.69 Å². The highest BCUT2D eigenvalue weighted by molar-refractivity contribution is 5.84. The molecule has 3 aromatic rings. The Hall–Kier alpha value is -3.54. The van der Waals surface area contributed by atoms with Gasteiger partial charge in [0.2, 0.25) is 5.76 Å². The fourth-order valence-corrected chi connectivity index (χ4v) is 2.88. The highest BCUT2D eigenvalue weighted by Crippen LogP contribution is 2.29. The van der Waals surface area contributed by atoms with Crippen molar-refractivity contribution in [2.24, 2.45) is 4.99 Å². The van der Waals surface area contributed by atoms with E-state index in [0.29, 0.717) is 23.2 Å². The largest absolute Gasteiger partial charge is 0.493 e. The number of aromatic carboxylic acids is 1. The van der Waals surface area contributed by atoms with Gasteiger partial charge in [-0.3, -0.25) is 4.99 Å². The van der Waals surface area contributed by atoms with Crippen molar-refractivity contribution in [3.8, 4) is 11.5 Å². The first-order valence-electron chi connectivity index (χ1n) is 9.77. The summed E-state index contributed by atoms with van der Waals surface area (Å²) in [5.41, 5.74) is 3.07. The zero-order chi connectivity index (χ0) is 21.5. The Morgan fingerprint density at radius 3 is 2.53 bits per heavy atom. The number of carboxylic acids is 1. The molecule has 1 atom stereocenters. The molecule has 0 bridgehead atoms. The first-order chi connectivity index (χ1) is 14.5. The second-order valence-corrected chi connectivity index (χ2v) is 6.93. The monoisotopic (exact) mass is 407 g/mol. The lowest BCUT2D eigenvalue weighted by Gasteiger charge is -2.10. The van der Waals surface area contributed by atoms with Gasteiger partial charge in [-0.1, -0.05) is 26.0 Å². The highest BCUT2D eigenvalue weighted by atomic mass is 16.5. The first-order valence-corrected chi connectivity index (χ1v) is 9.77. The average Bonchev–Trinajstić information content (AvgIpc) is 3.25. The Morgan fingerprint density at radius 1 is 1.13 bits per heavy atom. The van der Waals surface area contributed by atoms with Crippen molar-refractivity contribution in [1.29, 1.82) is 0 Å². The molecule has 1 N–H and O–H groups in total. The van der Waals surface area contributed by atoms with Crippen LogP contribution in [0, 0.1) is 0 Å². The molecule has 0 aliphatic heterocycles. The Morgan fingerprint density at radius 2 is 1.90 bits per heavy atom. The van der Waals surface area contributed by atoms with Gasteiger partial charge in [0.1, 0.15) is 12.4 Å². The summed E-state index contributed by atoms with van der Waals surface area (Å²) in [4.78, 5) is 15.4. The number of benzene rings is 2. The molecule has 2 aromatic carbocycles. The number of methoxy groups -OCH3 is 1. The minimum absolute atomic E-state index is 0.0968. The van der Waals surface area contributed by atoms with E-state index in [0.717, 1.165) is 17.7 Å². The van der Waals surface area contributed by atoms with E-state index in [9.17, 15) is 4.79 Å². The van der Waals surface area contributed by atoms with Gasteiger partial charge in [-0.25, -0.2) is 4.79 Å². The molecule has 0 saturated heterocycles. The third-order valence-electron chi connectivity index (χ3n) is 4.87. The molecule has 0 radical (unpaired) electrons. The highest BCUT2D eigenvalue weighted by Gasteiger charge is 2.11. The van der Waals surface area contributed by atoms with Crippen molar-refractivity contribution in [2.45, 2.75) is 32.8 Å². The van der Waals surface area contributed by atoms with Crippen LogP contribution >= 0.6 is 0 Å². The molecule has 6 nitrogen and oxygen atoms in total. The van der Waals surface area contributed by atoms with Crippen molar-refractivity contribution >= 4 is 17.9 Å². The SMILES string of the molecule is CC[C@H](C)c1ccc(N=Cc2ccc(OCc3ccc(C(=O)O)o3)c(OC)c2)cc1. The van der Waals surface area contributed by atoms with Gasteiger partial charge >= 0.3 is 5.97 Å². The summed E-state index contributed by atoms with van der Waals surface area (Å²) in [6, 6.07) is 16.7. The van der Waals surface area contributed by atoms with Crippen LogP contribution in [0.3, 0.4) is 0 Å². The maximum Gasteiger partial charge on any atom is 0.371 e. The van der Waals surface area contributed by atoms with Crippen molar-refractivity contribution in [3.63, 3.8) is 0 Å². The van der Waals surface area contributed by atoms with Crippen molar-refractivity contribution < 1.29 is 23.8 Å². The van der Waals surface area contributed by atoms with E-state index in [4.69, 9.17) is 19.0 Å². The number of hydrogen-bond acceptors (Lipinski definition) is 5. The molecule has 1 heterocycles. The van der Waals surface area contributed by atoms with Crippen LogP contribution in [0.2, 0.25) is 0 Å². The minimum atomic E-state index is -1.11. The first kappa shape index (κ1) is 21.2. The molecule has 1 aromatic heterocycles. The molecule has 3 rings (SSSR count). The molecule has 0 aliphatic carbocycles. The summed E-state index contributed by atoms with van der Waals surface area (Å²) in [6.07, 6.45) is 2.88. The fraction of sp³-hybridized carbons (Fsp3) is 0.250. The normalized spacial score (nSPS) is 12.1. The van der Waals surface area contributed by atoms with Crippen molar-refractivity contribution in [3.05, 3.63) is 77.2 Å². The average molecular weight is 407 g/mol. The molecule has 0 spiro atoms. The van der Waals surface area contributed by atoms with Gasteiger partial charge in [0.05, 0.1) is 12.8 Å². The van der Waals surface area contributed by atoms with Crippen molar-refractivity contribution in [2.75, 3.05) is 7.11 Å². The molecule has 0 saturated carbocycles. The zero-order valence-electron chi connectivity index (χ0n) is 17.3. The zero-order valence-corrected chi connectivity index (χ0v) is 17.3. The van der Waals surface area contributed by atoms with Crippen LogP contribution in [0.5, 0.6) is 11.5 Å². The standard InChI is InChI=1S/C24H25NO5/c1-4-16(2)18-6-8-19(9-7-18)25-14-17-5-11-21(23(13-17)28-3)29-15-20-10-12-22(30-20)24(26)27/h5-14,16H,4,15H2,1-3H3,(H,26,27)/t16-/m0/s1. The lowest BCUT2D eigenvalue weighted by Crippen LogP contribution is -1.98. The number of hydrogen-bond donors (Lipinski definition) is 1. The molecule has 156 valence electrons. The van der Waals surface area contributed by atoms with E-state index < -0.39 is 5.97 Å². The van der Waals surface area contributed by atoms with Crippen LogP contribution < -0.4 is 9.47 Å². The van der Waals surface area contributed by atoms with Gasteiger partial charge in [-0.2, -0.15) is 0 Å².